The fourth-order valence-electron chi connectivity index (χ4n) is 2.41. The van der Waals surface area contributed by atoms with Gasteiger partial charge in [-0.05, 0) is 48.5 Å². The molecule has 2 atom stereocenters. The highest BCUT2D eigenvalue weighted by Gasteiger charge is 2.37. The van der Waals surface area contributed by atoms with Gasteiger partial charge in [0.15, 0.2) is 0 Å². The van der Waals surface area contributed by atoms with Crippen molar-refractivity contribution in [2.45, 2.75) is 19.9 Å². The molecule has 0 aliphatic carbocycles. The molecule has 0 fully saturated rings. The molecule has 0 bridgehead atoms. The summed E-state index contributed by atoms with van der Waals surface area (Å²) in [5, 5.41) is 10.9. The number of urea groups is 1. The van der Waals surface area contributed by atoms with E-state index in [4.69, 9.17) is 79.1 Å². The van der Waals surface area contributed by atoms with E-state index < -0.39 is 25.9 Å². The van der Waals surface area contributed by atoms with Crippen LogP contribution in [0, 0.1) is 0 Å². The van der Waals surface area contributed by atoms with Gasteiger partial charge in [-0.15, -0.1) is 0 Å². The van der Waals surface area contributed by atoms with Crippen LogP contribution in [0.3, 0.4) is 0 Å². The quantitative estimate of drug-likeness (QED) is 0.236. The molecule has 0 saturated heterocycles. The molecule has 0 radical (unpaired) electrons. The number of rotatable bonds is 8. The van der Waals surface area contributed by atoms with Crippen LogP contribution in [-0.4, -0.2) is 40.2 Å². The summed E-state index contributed by atoms with van der Waals surface area (Å²) in [7, 11) is 3.08. The number of methoxy groups -OCH3 is 2. The van der Waals surface area contributed by atoms with Crippen LogP contribution < -0.4 is 30.7 Å². The Morgan fingerprint density at radius 2 is 1.00 bits per heavy atom. The van der Waals surface area contributed by atoms with Crippen molar-refractivity contribution in [3.05, 3.63) is 48.5 Å². The van der Waals surface area contributed by atoms with Crippen LogP contribution in [0.25, 0.3) is 0 Å². The number of carbonyl (C=O) groups is 1. The third-order valence-electron chi connectivity index (χ3n) is 4.01. The molecular weight excluding hydrogens is 545 g/mol. The van der Waals surface area contributed by atoms with E-state index in [1.54, 1.807) is 62.8 Å². The van der Waals surface area contributed by atoms with E-state index in [1.165, 1.54) is 0 Å². The second-order valence-electron chi connectivity index (χ2n) is 6.31. The molecule has 0 aromatic heterocycles. The Morgan fingerprint density at radius 3 is 1.25 bits per heavy atom. The van der Waals surface area contributed by atoms with E-state index in [1.807, 2.05) is 0 Å². The number of nitrogens with one attached hydrogen (secondary N) is 4. The van der Waals surface area contributed by atoms with E-state index in [2.05, 4.69) is 21.3 Å². The third kappa shape index (κ3) is 8.54. The first kappa shape index (κ1) is 26.9. The lowest BCUT2D eigenvalue weighted by atomic mass is 10.3. The molecule has 2 aromatic rings. The average molecular weight is 565 g/mol. The van der Waals surface area contributed by atoms with Crippen molar-refractivity contribution in [2.24, 2.45) is 0 Å². The fourth-order valence-corrected chi connectivity index (χ4v) is 3.07. The lowest BCUT2D eigenvalue weighted by Crippen LogP contribution is -2.57. The summed E-state index contributed by atoms with van der Waals surface area (Å²) in [6, 6.07) is 12.8. The highest BCUT2D eigenvalue weighted by atomic mass is 35.6. The first-order valence-electron chi connectivity index (χ1n) is 8.94. The van der Waals surface area contributed by atoms with Gasteiger partial charge in [-0.2, -0.15) is 0 Å². The Labute approximate surface area is 215 Å². The molecule has 0 aliphatic rings. The lowest BCUT2D eigenvalue weighted by Gasteiger charge is -2.31. The van der Waals surface area contributed by atoms with Gasteiger partial charge in [-0.25, -0.2) is 4.79 Å². The predicted octanol–water partition coefficient (Wildman–Crippen LogP) is 5.92. The van der Waals surface area contributed by atoms with Crippen molar-refractivity contribution >= 4 is 87.0 Å². The van der Waals surface area contributed by atoms with Gasteiger partial charge in [-0.1, -0.05) is 69.6 Å². The number of alkyl halides is 6. The summed E-state index contributed by atoms with van der Waals surface area (Å²) in [5.41, 5.74) is 1.13. The minimum absolute atomic E-state index is 0.566. The van der Waals surface area contributed by atoms with E-state index >= 15 is 0 Å². The molecule has 0 saturated carbocycles. The summed E-state index contributed by atoms with van der Waals surface area (Å²) in [6.45, 7) is 0. The van der Waals surface area contributed by atoms with Gasteiger partial charge in [0.1, 0.15) is 23.8 Å². The molecule has 7 nitrogen and oxygen atoms in total. The third-order valence-corrected chi connectivity index (χ3v) is 5.32. The zero-order valence-corrected chi connectivity index (χ0v) is 21.3. The number of hydrogen-bond donors (Lipinski definition) is 4. The molecule has 32 heavy (non-hydrogen) atoms. The zero-order valence-electron chi connectivity index (χ0n) is 16.8. The number of anilines is 2. The summed E-state index contributed by atoms with van der Waals surface area (Å²) >= 11 is 36.2. The van der Waals surface area contributed by atoms with Gasteiger partial charge >= 0.3 is 6.03 Å². The molecule has 0 unspecified atom stereocenters. The van der Waals surface area contributed by atoms with Crippen LogP contribution in [0.1, 0.15) is 0 Å². The number of amides is 2. The maximum Gasteiger partial charge on any atom is 0.318 e. The zero-order chi connectivity index (χ0) is 23.9. The van der Waals surface area contributed by atoms with Gasteiger partial charge in [0.25, 0.3) is 0 Å². The van der Waals surface area contributed by atoms with E-state index in [0.29, 0.717) is 22.9 Å². The Bertz CT molecular complexity index is 801. The highest BCUT2D eigenvalue weighted by molar-refractivity contribution is 6.68. The smallest absolute Gasteiger partial charge is 0.318 e. The summed E-state index contributed by atoms with van der Waals surface area (Å²) in [5.74, 6) is 1.28. The van der Waals surface area contributed by atoms with Gasteiger partial charge in [0, 0.05) is 11.4 Å². The maximum absolute atomic E-state index is 12.6. The number of halogens is 6. The minimum Gasteiger partial charge on any atom is -0.497 e. The maximum atomic E-state index is 12.6. The van der Waals surface area contributed by atoms with Crippen LogP contribution in [0.2, 0.25) is 0 Å². The van der Waals surface area contributed by atoms with Crippen LogP contribution in [0.5, 0.6) is 11.5 Å². The number of carbonyl (C=O) groups excluding carboxylic acids is 1. The van der Waals surface area contributed by atoms with Crippen molar-refractivity contribution in [3.63, 3.8) is 0 Å². The second-order valence-corrected chi connectivity index (χ2v) is 11.1. The Morgan fingerprint density at radius 1 is 0.688 bits per heavy atom. The SMILES string of the molecule is COc1ccc(N[C@H](NC(=O)N[C@@H](Nc2ccc(OC)cc2)C(Cl)(Cl)Cl)C(Cl)(Cl)Cl)cc1. The number of benzene rings is 2. The lowest BCUT2D eigenvalue weighted by molar-refractivity contribution is 0.235. The van der Waals surface area contributed by atoms with E-state index in [0.717, 1.165) is 0 Å². The molecule has 2 aromatic carbocycles. The van der Waals surface area contributed by atoms with Crippen LogP contribution >= 0.6 is 69.6 Å². The largest absolute Gasteiger partial charge is 0.497 e. The molecule has 0 spiro atoms. The highest BCUT2D eigenvalue weighted by Crippen LogP contribution is 2.33. The normalized spacial score (nSPS) is 13.5. The second kappa shape index (κ2) is 11.7. The van der Waals surface area contributed by atoms with Crippen molar-refractivity contribution in [3.8, 4) is 11.5 Å². The van der Waals surface area contributed by atoms with E-state index in [9.17, 15) is 4.79 Å². The summed E-state index contributed by atoms with van der Waals surface area (Å²) in [6.07, 6.45) is -2.25. The first-order valence-corrected chi connectivity index (χ1v) is 11.2. The Balaban J connectivity index is 2.09. The molecule has 4 N–H and O–H groups in total. The van der Waals surface area contributed by atoms with Crippen LogP contribution in [0.4, 0.5) is 16.2 Å². The average Bonchev–Trinajstić information content (AvgIpc) is 2.72. The minimum atomic E-state index is -1.91. The fraction of sp³-hybridized carbons (Fsp3) is 0.316. The predicted molar refractivity (Wildman–Crippen MR) is 133 cm³/mol. The molecule has 2 rings (SSSR count). The Kier molecular flexibility index (Phi) is 9.82. The molecule has 13 heteroatoms. The molecule has 2 amide bonds. The monoisotopic (exact) mass is 562 g/mol. The van der Waals surface area contributed by atoms with Crippen molar-refractivity contribution in [2.75, 3.05) is 24.9 Å². The van der Waals surface area contributed by atoms with E-state index in [-0.39, 0.29) is 0 Å². The van der Waals surface area contributed by atoms with Gasteiger partial charge in [-0.3, -0.25) is 0 Å². The number of ether oxygens (including phenoxy) is 2. The topological polar surface area (TPSA) is 83.7 Å². The molecule has 0 aliphatic heterocycles. The van der Waals surface area contributed by atoms with Crippen molar-refractivity contribution < 1.29 is 14.3 Å². The Hall–Kier alpha value is -1.35. The molecule has 176 valence electrons. The van der Waals surface area contributed by atoms with Gasteiger partial charge in [0.05, 0.1) is 14.2 Å². The van der Waals surface area contributed by atoms with Crippen LogP contribution in [0.15, 0.2) is 48.5 Å². The van der Waals surface area contributed by atoms with Crippen molar-refractivity contribution in [1.82, 2.24) is 10.6 Å². The van der Waals surface area contributed by atoms with Gasteiger partial charge in [0.2, 0.25) is 7.59 Å². The van der Waals surface area contributed by atoms with Crippen LogP contribution in [-0.2, 0) is 0 Å². The molecular formula is C19H20Cl6N4O3. The molecule has 0 heterocycles. The summed E-state index contributed by atoms with van der Waals surface area (Å²) < 4.78 is 6.40. The standard InChI is InChI=1S/C19H20Cl6N4O3/c1-31-13-7-3-11(4-8-13)26-15(18(20,21)22)28-17(30)29-16(19(23,24)25)27-12-5-9-14(32-2)10-6-12/h3-10,15-16,26-27H,1-2H3,(H2,28,29,30)/t15-,16-/m1/s1. The van der Waals surface area contributed by atoms with Crippen molar-refractivity contribution in [1.29, 1.82) is 0 Å². The summed E-state index contributed by atoms with van der Waals surface area (Å²) in [4.78, 5) is 12.6. The number of hydrogen-bond acceptors (Lipinski definition) is 5. The first-order chi connectivity index (χ1) is 14.9. The van der Waals surface area contributed by atoms with Gasteiger partial charge < -0.3 is 30.7 Å².